The van der Waals surface area contributed by atoms with E-state index in [0.717, 1.165) is 24.3 Å². The Balaban J connectivity index is 1.49. The van der Waals surface area contributed by atoms with Crippen molar-refractivity contribution in [3.63, 3.8) is 0 Å². The molecule has 3 heterocycles. The Labute approximate surface area is 140 Å². The van der Waals surface area contributed by atoms with E-state index in [0.29, 0.717) is 12.5 Å². The van der Waals surface area contributed by atoms with Crippen LogP contribution in [0.25, 0.3) is 11.3 Å². The summed E-state index contributed by atoms with van der Waals surface area (Å²) in [5, 5.41) is 3.30. The van der Waals surface area contributed by atoms with Gasteiger partial charge in [-0.2, -0.15) is 0 Å². The Hall–Kier alpha value is -2.79. The summed E-state index contributed by atoms with van der Waals surface area (Å²) in [6.07, 6.45) is 6.31. The van der Waals surface area contributed by atoms with Crippen LogP contribution in [0, 0.1) is 0 Å². The molecule has 2 aromatic heterocycles. The highest BCUT2D eigenvalue weighted by Gasteiger charge is 2.20. The monoisotopic (exact) mass is 318 g/mol. The van der Waals surface area contributed by atoms with Crippen LogP contribution in [0.1, 0.15) is 17.2 Å². The zero-order chi connectivity index (χ0) is 16.2. The molecule has 1 aliphatic heterocycles. The van der Waals surface area contributed by atoms with Crippen molar-refractivity contribution in [1.82, 2.24) is 15.0 Å². The summed E-state index contributed by atoms with van der Waals surface area (Å²) < 4.78 is 5.91. The third-order valence-corrected chi connectivity index (χ3v) is 4.15. The summed E-state index contributed by atoms with van der Waals surface area (Å²) in [4.78, 5) is 13.0. The molecule has 0 bridgehead atoms. The minimum absolute atomic E-state index is 0.0283. The highest BCUT2D eigenvalue weighted by atomic mass is 16.5. The molecule has 5 heteroatoms. The van der Waals surface area contributed by atoms with Gasteiger partial charge in [0, 0.05) is 30.7 Å². The van der Waals surface area contributed by atoms with Gasteiger partial charge in [0.2, 0.25) is 5.95 Å². The molecule has 0 amide bonds. The first-order chi connectivity index (χ1) is 11.9. The number of hydrogen-bond donors (Lipinski definition) is 1. The molecule has 24 heavy (non-hydrogen) atoms. The number of anilines is 1. The maximum Gasteiger partial charge on any atom is 0.223 e. The molecule has 1 aliphatic rings. The average molecular weight is 318 g/mol. The summed E-state index contributed by atoms with van der Waals surface area (Å²) in [6, 6.07) is 14.2. The summed E-state index contributed by atoms with van der Waals surface area (Å²) in [5.41, 5.74) is 4.44. The van der Waals surface area contributed by atoms with Crippen LogP contribution in [0.3, 0.4) is 0 Å². The van der Waals surface area contributed by atoms with E-state index < -0.39 is 0 Å². The fraction of sp³-hybridized carbons (Fsp3) is 0.211. The van der Waals surface area contributed by atoms with Crippen molar-refractivity contribution in [2.24, 2.45) is 0 Å². The minimum atomic E-state index is 0.0283. The number of hydrogen-bond acceptors (Lipinski definition) is 5. The van der Waals surface area contributed by atoms with E-state index in [1.165, 1.54) is 11.1 Å². The van der Waals surface area contributed by atoms with Gasteiger partial charge >= 0.3 is 0 Å². The summed E-state index contributed by atoms with van der Waals surface area (Å²) >= 11 is 0. The first-order valence-corrected chi connectivity index (χ1v) is 8.07. The quantitative estimate of drug-likeness (QED) is 0.800. The second-order valence-electron chi connectivity index (χ2n) is 5.70. The van der Waals surface area contributed by atoms with Crippen molar-refractivity contribution in [3.05, 3.63) is 72.2 Å². The number of nitrogens with zero attached hydrogens (tertiary/aromatic N) is 3. The lowest BCUT2D eigenvalue weighted by atomic mass is 9.98. The largest absolute Gasteiger partial charge is 0.371 e. The molecule has 0 unspecified atom stereocenters. The van der Waals surface area contributed by atoms with Crippen LogP contribution >= 0.6 is 0 Å². The van der Waals surface area contributed by atoms with Crippen LogP contribution in [0.4, 0.5) is 5.95 Å². The normalized spacial score (nSPS) is 16.4. The zero-order valence-corrected chi connectivity index (χ0v) is 13.2. The van der Waals surface area contributed by atoms with Gasteiger partial charge in [-0.15, -0.1) is 0 Å². The highest BCUT2D eigenvalue weighted by molar-refractivity contribution is 5.58. The van der Waals surface area contributed by atoms with Crippen LogP contribution in [0.15, 0.2) is 61.1 Å². The predicted octanol–water partition coefficient (Wildman–Crippen LogP) is 3.26. The number of pyridine rings is 1. The van der Waals surface area contributed by atoms with Gasteiger partial charge in [-0.05, 0) is 35.7 Å². The van der Waals surface area contributed by atoms with Crippen LogP contribution < -0.4 is 5.32 Å². The highest BCUT2D eigenvalue weighted by Crippen LogP contribution is 2.27. The van der Waals surface area contributed by atoms with Crippen molar-refractivity contribution >= 4 is 5.95 Å². The van der Waals surface area contributed by atoms with Crippen molar-refractivity contribution in [3.8, 4) is 11.3 Å². The van der Waals surface area contributed by atoms with E-state index in [4.69, 9.17) is 4.74 Å². The number of benzene rings is 1. The fourth-order valence-electron chi connectivity index (χ4n) is 2.95. The summed E-state index contributed by atoms with van der Waals surface area (Å²) in [7, 11) is 0. The lowest BCUT2D eigenvalue weighted by Gasteiger charge is -2.26. The summed E-state index contributed by atoms with van der Waals surface area (Å²) in [5.74, 6) is 0.600. The Morgan fingerprint density at radius 1 is 1.08 bits per heavy atom. The lowest BCUT2D eigenvalue weighted by Crippen LogP contribution is -2.23. The summed E-state index contributed by atoms with van der Waals surface area (Å²) in [6.45, 7) is 1.40. The van der Waals surface area contributed by atoms with Crippen LogP contribution in [-0.2, 0) is 11.2 Å². The van der Waals surface area contributed by atoms with Gasteiger partial charge in [0.1, 0.15) is 6.10 Å². The van der Waals surface area contributed by atoms with E-state index in [1.807, 2.05) is 18.2 Å². The number of aromatic nitrogens is 3. The standard InChI is InChI=1S/C19H18N4O/c1-2-6-16-14(4-1)8-11-24-18(16)13-22-19-21-10-7-17(23-19)15-5-3-9-20-12-15/h1-7,9-10,12,18H,8,11,13H2,(H,21,22,23)/t18-/m1/s1. The molecule has 0 spiro atoms. The molecule has 120 valence electrons. The Bertz CT molecular complexity index is 822. The maximum atomic E-state index is 5.91. The molecule has 5 nitrogen and oxygen atoms in total. The van der Waals surface area contributed by atoms with E-state index >= 15 is 0 Å². The molecule has 1 N–H and O–H groups in total. The minimum Gasteiger partial charge on any atom is -0.371 e. The van der Waals surface area contributed by atoms with Crippen molar-refractivity contribution in [2.45, 2.75) is 12.5 Å². The molecule has 0 fully saturated rings. The third kappa shape index (κ3) is 3.12. The molecule has 0 radical (unpaired) electrons. The van der Waals surface area contributed by atoms with Crippen molar-refractivity contribution < 1.29 is 4.74 Å². The van der Waals surface area contributed by atoms with Gasteiger partial charge in [-0.25, -0.2) is 9.97 Å². The Morgan fingerprint density at radius 2 is 2.04 bits per heavy atom. The van der Waals surface area contributed by atoms with E-state index in [9.17, 15) is 0 Å². The predicted molar refractivity (Wildman–Crippen MR) is 92.6 cm³/mol. The SMILES string of the molecule is c1cncc(-c2ccnc(NC[C@H]3OCCc4ccccc43)n2)c1. The van der Waals surface area contributed by atoms with E-state index in [-0.39, 0.29) is 6.10 Å². The molecule has 0 saturated carbocycles. The van der Waals surface area contributed by atoms with Crippen molar-refractivity contribution in [2.75, 3.05) is 18.5 Å². The van der Waals surface area contributed by atoms with Gasteiger partial charge in [0.15, 0.2) is 0 Å². The van der Waals surface area contributed by atoms with Gasteiger partial charge in [-0.1, -0.05) is 24.3 Å². The lowest BCUT2D eigenvalue weighted by molar-refractivity contribution is 0.0512. The molecule has 0 aliphatic carbocycles. The maximum absolute atomic E-state index is 5.91. The number of ether oxygens (including phenoxy) is 1. The van der Waals surface area contributed by atoms with Crippen molar-refractivity contribution in [1.29, 1.82) is 0 Å². The fourth-order valence-corrected chi connectivity index (χ4v) is 2.95. The number of nitrogens with one attached hydrogen (secondary N) is 1. The first-order valence-electron chi connectivity index (χ1n) is 8.07. The molecule has 1 atom stereocenters. The molecular weight excluding hydrogens is 300 g/mol. The second-order valence-corrected chi connectivity index (χ2v) is 5.70. The van der Waals surface area contributed by atoms with E-state index in [2.05, 4.69) is 44.5 Å². The second kappa shape index (κ2) is 6.76. The Morgan fingerprint density at radius 3 is 2.96 bits per heavy atom. The van der Waals surface area contributed by atoms with Gasteiger partial charge < -0.3 is 10.1 Å². The molecule has 3 aromatic rings. The molecule has 1 aromatic carbocycles. The Kier molecular flexibility index (Phi) is 4.16. The van der Waals surface area contributed by atoms with Gasteiger partial charge in [-0.3, -0.25) is 4.98 Å². The van der Waals surface area contributed by atoms with Crippen LogP contribution in [-0.4, -0.2) is 28.1 Å². The number of rotatable bonds is 4. The van der Waals surface area contributed by atoms with Gasteiger partial charge in [0.25, 0.3) is 0 Å². The smallest absolute Gasteiger partial charge is 0.223 e. The van der Waals surface area contributed by atoms with Crippen LogP contribution in [0.5, 0.6) is 0 Å². The molecule has 4 rings (SSSR count). The average Bonchev–Trinajstić information content (AvgIpc) is 2.67. The molecule has 0 saturated heterocycles. The number of fused-ring (bicyclic) bond motifs is 1. The topological polar surface area (TPSA) is 59.9 Å². The third-order valence-electron chi connectivity index (χ3n) is 4.15. The molecular formula is C19H18N4O. The first kappa shape index (κ1) is 14.8. The van der Waals surface area contributed by atoms with E-state index in [1.54, 1.807) is 18.6 Å². The zero-order valence-electron chi connectivity index (χ0n) is 13.2. The van der Waals surface area contributed by atoms with Crippen LogP contribution in [0.2, 0.25) is 0 Å². The van der Waals surface area contributed by atoms with Gasteiger partial charge in [0.05, 0.1) is 12.3 Å².